The Morgan fingerprint density at radius 1 is 1.05 bits per heavy atom. The summed E-state index contributed by atoms with van der Waals surface area (Å²) in [4.78, 5) is 4.97. The van der Waals surface area contributed by atoms with Gasteiger partial charge in [0.1, 0.15) is 6.17 Å². The maximum absolute atomic E-state index is 2.55. The Balaban J connectivity index is 1.83. The van der Waals surface area contributed by atoms with Crippen molar-refractivity contribution in [3.63, 3.8) is 0 Å². The quantitative estimate of drug-likeness (QED) is 0.783. The Bertz CT molecular complexity index is 486. The van der Waals surface area contributed by atoms with Gasteiger partial charge in [0.05, 0.1) is 0 Å². The van der Waals surface area contributed by atoms with Gasteiger partial charge in [0.2, 0.25) is 0 Å². The van der Waals surface area contributed by atoms with Gasteiger partial charge in [-0.3, -0.25) is 0 Å². The zero-order valence-corrected chi connectivity index (χ0v) is 12.3. The maximum Gasteiger partial charge on any atom is 0.103 e. The van der Waals surface area contributed by atoms with Crippen molar-refractivity contribution in [2.24, 2.45) is 0 Å². The predicted molar refractivity (Wildman–Crippen MR) is 81.1 cm³/mol. The molecule has 1 aromatic carbocycles. The van der Waals surface area contributed by atoms with Crippen LogP contribution in [0.2, 0.25) is 0 Å². The molecular formula is C17H24N2. The van der Waals surface area contributed by atoms with Crippen molar-refractivity contribution in [1.82, 2.24) is 4.90 Å². The number of benzene rings is 1. The molecule has 2 heteroatoms. The van der Waals surface area contributed by atoms with Crippen LogP contribution in [-0.2, 0) is 0 Å². The van der Waals surface area contributed by atoms with Gasteiger partial charge in [0, 0.05) is 24.1 Å². The van der Waals surface area contributed by atoms with Gasteiger partial charge >= 0.3 is 0 Å². The largest absolute Gasteiger partial charge is 0.353 e. The summed E-state index contributed by atoms with van der Waals surface area (Å²) in [6, 6.07) is 7.47. The zero-order valence-electron chi connectivity index (χ0n) is 12.3. The third kappa shape index (κ3) is 2.24. The predicted octanol–water partition coefficient (Wildman–Crippen LogP) is 4.19. The van der Waals surface area contributed by atoms with Crippen LogP contribution in [0.25, 0.3) is 0 Å². The molecular weight excluding hydrogens is 232 g/mol. The van der Waals surface area contributed by atoms with Gasteiger partial charge in [0.25, 0.3) is 0 Å². The molecule has 0 bridgehead atoms. The molecule has 0 amide bonds. The first kappa shape index (κ1) is 12.6. The molecule has 1 saturated carbocycles. The first-order chi connectivity index (χ1) is 9.16. The van der Waals surface area contributed by atoms with Crippen molar-refractivity contribution < 1.29 is 0 Å². The van der Waals surface area contributed by atoms with Crippen LogP contribution < -0.4 is 4.90 Å². The molecule has 1 atom stereocenters. The van der Waals surface area contributed by atoms with Gasteiger partial charge in [-0.25, -0.2) is 0 Å². The average molecular weight is 256 g/mol. The smallest absolute Gasteiger partial charge is 0.103 e. The molecule has 0 N–H and O–H groups in total. The lowest BCUT2D eigenvalue weighted by atomic mass is 10.1. The van der Waals surface area contributed by atoms with Crippen molar-refractivity contribution in [2.45, 2.75) is 58.7 Å². The van der Waals surface area contributed by atoms with E-state index in [9.17, 15) is 0 Å². The second-order valence-corrected chi connectivity index (χ2v) is 6.01. The molecule has 0 radical (unpaired) electrons. The Kier molecular flexibility index (Phi) is 3.26. The van der Waals surface area contributed by atoms with Gasteiger partial charge in [-0.2, -0.15) is 0 Å². The van der Waals surface area contributed by atoms with Crippen molar-refractivity contribution in [3.8, 4) is 0 Å². The lowest BCUT2D eigenvalue weighted by molar-refractivity contribution is 0.237. The number of anilines is 1. The maximum atomic E-state index is 2.55. The van der Waals surface area contributed by atoms with Gasteiger partial charge in [-0.1, -0.05) is 25.0 Å². The van der Waals surface area contributed by atoms with Crippen molar-refractivity contribution in [3.05, 3.63) is 41.7 Å². The summed E-state index contributed by atoms with van der Waals surface area (Å²) in [5, 5.41) is 0. The lowest BCUT2D eigenvalue weighted by Gasteiger charge is -2.34. The second kappa shape index (κ2) is 4.92. The third-order valence-electron chi connectivity index (χ3n) is 4.62. The summed E-state index contributed by atoms with van der Waals surface area (Å²) in [6.07, 6.45) is 10.5. The monoisotopic (exact) mass is 256 g/mol. The fourth-order valence-corrected chi connectivity index (χ4v) is 3.45. The number of hydrogen-bond donors (Lipinski definition) is 0. The van der Waals surface area contributed by atoms with Crippen molar-refractivity contribution in [1.29, 1.82) is 0 Å². The molecule has 1 heterocycles. The molecule has 1 aliphatic heterocycles. The Morgan fingerprint density at radius 2 is 1.79 bits per heavy atom. The molecule has 102 valence electrons. The zero-order chi connectivity index (χ0) is 13.4. The molecule has 2 aliphatic rings. The standard InChI is InChI=1S/C17H24N2/c1-13-8-9-14(2)17(12-13)19-11-10-18(15(19)3)16-6-4-5-7-16/h8-12,15-16H,4-7H2,1-3H3/t15-/m1/s1. The lowest BCUT2D eigenvalue weighted by Crippen LogP contribution is -2.41. The topological polar surface area (TPSA) is 6.48 Å². The van der Waals surface area contributed by atoms with E-state index >= 15 is 0 Å². The van der Waals surface area contributed by atoms with Crippen LogP contribution in [0, 0.1) is 13.8 Å². The highest BCUT2D eigenvalue weighted by molar-refractivity contribution is 5.58. The van der Waals surface area contributed by atoms with E-state index in [1.165, 1.54) is 42.5 Å². The van der Waals surface area contributed by atoms with E-state index in [0.29, 0.717) is 6.17 Å². The molecule has 0 saturated heterocycles. The summed E-state index contributed by atoms with van der Waals surface area (Å²) in [5.74, 6) is 0. The molecule has 3 rings (SSSR count). The average Bonchev–Trinajstić information content (AvgIpc) is 3.01. The number of aryl methyl sites for hydroxylation is 2. The van der Waals surface area contributed by atoms with Gasteiger partial charge in [-0.15, -0.1) is 0 Å². The highest BCUT2D eigenvalue weighted by Gasteiger charge is 2.30. The Labute approximate surface area is 116 Å². The normalized spacial score (nSPS) is 23.6. The fraction of sp³-hybridized carbons (Fsp3) is 0.529. The minimum atomic E-state index is 0.448. The van der Waals surface area contributed by atoms with Crippen LogP contribution in [0.1, 0.15) is 43.7 Å². The van der Waals surface area contributed by atoms with Crippen LogP contribution >= 0.6 is 0 Å². The van der Waals surface area contributed by atoms with Crippen LogP contribution in [0.15, 0.2) is 30.6 Å². The van der Waals surface area contributed by atoms with Gasteiger partial charge < -0.3 is 9.80 Å². The van der Waals surface area contributed by atoms with Gasteiger partial charge in [-0.05, 0) is 50.8 Å². The van der Waals surface area contributed by atoms with E-state index < -0.39 is 0 Å². The van der Waals surface area contributed by atoms with E-state index in [2.05, 4.69) is 61.2 Å². The Hall–Kier alpha value is -1.44. The number of rotatable bonds is 2. The van der Waals surface area contributed by atoms with Crippen molar-refractivity contribution >= 4 is 5.69 Å². The fourth-order valence-electron chi connectivity index (χ4n) is 3.45. The summed E-state index contributed by atoms with van der Waals surface area (Å²) in [7, 11) is 0. The van der Waals surface area contributed by atoms with E-state index in [0.717, 1.165) is 6.04 Å². The third-order valence-corrected chi connectivity index (χ3v) is 4.62. The van der Waals surface area contributed by atoms with E-state index in [1.807, 2.05) is 0 Å². The molecule has 1 aromatic rings. The highest BCUT2D eigenvalue weighted by Crippen LogP contribution is 2.33. The molecule has 19 heavy (non-hydrogen) atoms. The first-order valence-corrected chi connectivity index (χ1v) is 7.48. The molecule has 0 spiro atoms. The molecule has 0 unspecified atom stereocenters. The number of hydrogen-bond acceptors (Lipinski definition) is 2. The summed E-state index contributed by atoms with van der Waals surface area (Å²) >= 11 is 0. The molecule has 1 aliphatic carbocycles. The second-order valence-electron chi connectivity index (χ2n) is 6.01. The van der Waals surface area contributed by atoms with Crippen LogP contribution in [-0.4, -0.2) is 17.1 Å². The summed E-state index contributed by atoms with van der Waals surface area (Å²) in [5.41, 5.74) is 4.04. The summed E-state index contributed by atoms with van der Waals surface area (Å²) in [6.45, 7) is 6.69. The minimum Gasteiger partial charge on any atom is -0.353 e. The van der Waals surface area contributed by atoms with E-state index in [-0.39, 0.29) is 0 Å². The van der Waals surface area contributed by atoms with Crippen LogP contribution in [0.3, 0.4) is 0 Å². The van der Waals surface area contributed by atoms with Crippen molar-refractivity contribution in [2.75, 3.05) is 4.90 Å². The first-order valence-electron chi connectivity index (χ1n) is 7.48. The highest BCUT2D eigenvalue weighted by atomic mass is 15.4. The van der Waals surface area contributed by atoms with Crippen LogP contribution in [0.5, 0.6) is 0 Å². The molecule has 0 aromatic heterocycles. The molecule has 1 fully saturated rings. The van der Waals surface area contributed by atoms with E-state index in [1.54, 1.807) is 0 Å². The van der Waals surface area contributed by atoms with Gasteiger partial charge in [0.15, 0.2) is 0 Å². The van der Waals surface area contributed by atoms with Crippen LogP contribution in [0.4, 0.5) is 5.69 Å². The minimum absolute atomic E-state index is 0.448. The number of nitrogens with zero attached hydrogens (tertiary/aromatic N) is 2. The van der Waals surface area contributed by atoms with E-state index in [4.69, 9.17) is 0 Å². The molecule has 2 nitrogen and oxygen atoms in total. The summed E-state index contributed by atoms with van der Waals surface area (Å²) < 4.78 is 0. The Morgan fingerprint density at radius 3 is 2.53 bits per heavy atom. The SMILES string of the molecule is Cc1ccc(C)c(N2C=CN(C3CCCC3)[C@H]2C)c1.